The Hall–Kier alpha value is -3.32. The molecule has 1 aromatic heterocycles. The Bertz CT molecular complexity index is 1080. The van der Waals surface area contributed by atoms with Crippen molar-refractivity contribution >= 4 is 16.9 Å². The van der Waals surface area contributed by atoms with E-state index in [2.05, 4.69) is 0 Å². The smallest absolute Gasteiger partial charge is 0.320 e. The summed E-state index contributed by atoms with van der Waals surface area (Å²) in [6.07, 6.45) is 2.54. The van der Waals surface area contributed by atoms with Crippen LogP contribution in [0.3, 0.4) is 0 Å². The van der Waals surface area contributed by atoms with Crippen LogP contribution in [0.25, 0.3) is 11.0 Å². The Balaban J connectivity index is 1.72. The van der Waals surface area contributed by atoms with Crippen LogP contribution in [0, 0.1) is 0 Å². The monoisotopic (exact) mass is 381 g/mol. The maximum atomic E-state index is 12.8. The van der Waals surface area contributed by atoms with Crippen LogP contribution in [-0.4, -0.2) is 33.7 Å². The predicted octanol–water partition coefficient (Wildman–Crippen LogP) is 3.34. The minimum absolute atomic E-state index is 0.0385. The molecule has 0 unspecified atom stereocenters. The Morgan fingerprint density at radius 2 is 2.00 bits per heavy atom. The Morgan fingerprint density at radius 3 is 2.75 bits per heavy atom. The van der Waals surface area contributed by atoms with E-state index in [0.29, 0.717) is 24.3 Å². The number of phenols is 1. The number of carboxylic acids is 1. The lowest BCUT2D eigenvalue weighted by Crippen LogP contribution is -2.35. The SMILES string of the molecule is O=C(O)[C@@H]1CCCN1Cc1c(O)ccc2c(=O)c(Oc3ccccc3)coc12. The van der Waals surface area contributed by atoms with Gasteiger partial charge in [-0.2, -0.15) is 0 Å². The van der Waals surface area contributed by atoms with Crippen LogP contribution in [0.15, 0.2) is 57.9 Å². The number of phenolic OH excluding ortho intramolecular Hbond substituents is 1. The highest BCUT2D eigenvalue weighted by molar-refractivity contribution is 5.83. The van der Waals surface area contributed by atoms with E-state index in [9.17, 15) is 19.8 Å². The average Bonchev–Trinajstić information content (AvgIpc) is 3.16. The van der Waals surface area contributed by atoms with E-state index >= 15 is 0 Å². The first kappa shape index (κ1) is 18.1. The highest BCUT2D eigenvalue weighted by atomic mass is 16.5. The van der Waals surface area contributed by atoms with Crippen molar-refractivity contribution in [1.29, 1.82) is 0 Å². The number of hydrogen-bond donors (Lipinski definition) is 2. The summed E-state index contributed by atoms with van der Waals surface area (Å²) in [6.45, 7) is 0.786. The van der Waals surface area contributed by atoms with Gasteiger partial charge >= 0.3 is 5.97 Å². The second kappa shape index (κ2) is 7.36. The van der Waals surface area contributed by atoms with Gasteiger partial charge in [0.05, 0.1) is 10.9 Å². The summed E-state index contributed by atoms with van der Waals surface area (Å²) in [5, 5.41) is 20.0. The molecule has 0 saturated carbocycles. The molecule has 2 heterocycles. The third kappa shape index (κ3) is 3.32. The number of fused-ring (bicyclic) bond motifs is 1. The molecule has 1 aliphatic rings. The van der Waals surface area contributed by atoms with Gasteiger partial charge in [0.25, 0.3) is 0 Å². The number of benzene rings is 2. The molecule has 144 valence electrons. The van der Waals surface area contributed by atoms with E-state index in [4.69, 9.17) is 9.15 Å². The number of hydrogen-bond acceptors (Lipinski definition) is 6. The van der Waals surface area contributed by atoms with Gasteiger partial charge < -0.3 is 19.4 Å². The van der Waals surface area contributed by atoms with Crippen molar-refractivity contribution in [2.75, 3.05) is 6.54 Å². The van der Waals surface area contributed by atoms with Gasteiger partial charge in [-0.1, -0.05) is 18.2 Å². The fraction of sp³-hybridized carbons (Fsp3) is 0.238. The van der Waals surface area contributed by atoms with Crippen molar-refractivity contribution in [3.63, 3.8) is 0 Å². The van der Waals surface area contributed by atoms with Crippen LogP contribution < -0.4 is 10.2 Å². The summed E-state index contributed by atoms with van der Waals surface area (Å²) >= 11 is 0. The highest BCUT2D eigenvalue weighted by Gasteiger charge is 2.31. The predicted molar refractivity (Wildman–Crippen MR) is 102 cm³/mol. The first-order valence-electron chi connectivity index (χ1n) is 9.00. The zero-order valence-corrected chi connectivity index (χ0v) is 15.0. The molecule has 0 bridgehead atoms. The third-order valence-electron chi connectivity index (χ3n) is 4.97. The number of para-hydroxylation sites is 1. The van der Waals surface area contributed by atoms with Gasteiger partial charge in [0.1, 0.15) is 29.4 Å². The molecule has 1 aliphatic heterocycles. The molecule has 2 aromatic carbocycles. The van der Waals surface area contributed by atoms with Crippen molar-refractivity contribution in [1.82, 2.24) is 4.90 Å². The molecule has 0 radical (unpaired) electrons. The number of nitrogens with zero attached hydrogens (tertiary/aromatic N) is 1. The number of rotatable bonds is 5. The molecule has 2 N–H and O–H groups in total. The molecule has 0 amide bonds. The second-order valence-corrected chi connectivity index (χ2v) is 6.75. The van der Waals surface area contributed by atoms with E-state index in [1.807, 2.05) is 6.07 Å². The van der Waals surface area contributed by atoms with Crippen LogP contribution in [0.2, 0.25) is 0 Å². The molecule has 4 rings (SSSR count). The van der Waals surface area contributed by atoms with Crippen molar-refractivity contribution in [2.45, 2.75) is 25.4 Å². The molecular formula is C21H19NO6. The topological polar surface area (TPSA) is 100 Å². The quantitative estimate of drug-likeness (QED) is 0.699. The third-order valence-corrected chi connectivity index (χ3v) is 4.97. The lowest BCUT2D eigenvalue weighted by atomic mass is 10.1. The maximum absolute atomic E-state index is 12.8. The number of aliphatic carboxylic acids is 1. The number of carboxylic acid groups (broad SMARTS) is 1. The first-order valence-corrected chi connectivity index (χ1v) is 9.00. The maximum Gasteiger partial charge on any atom is 0.320 e. The zero-order chi connectivity index (χ0) is 19.7. The van der Waals surface area contributed by atoms with Crippen LogP contribution in [0.4, 0.5) is 0 Å². The van der Waals surface area contributed by atoms with Crippen LogP contribution in [-0.2, 0) is 11.3 Å². The summed E-state index contributed by atoms with van der Waals surface area (Å²) in [5.74, 6) is -0.380. The summed E-state index contributed by atoms with van der Waals surface area (Å²) in [6, 6.07) is 11.2. The Morgan fingerprint density at radius 1 is 1.21 bits per heavy atom. The lowest BCUT2D eigenvalue weighted by molar-refractivity contribution is -0.142. The van der Waals surface area contributed by atoms with Crippen LogP contribution in [0.1, 0.15) is 18.4 Å². The Labute approximate surface area is 160 Å². The molecule has 1 fully saturated rings. The van der Waals surface area contributed by atoms with Crippen molar-refractivity contribution in [3.8, 4) is 17.2 Å². The van der Waals surface area contributed by atoms with Gasteiger partial charge in [-0.3, -0.25) is 14.5 Å². The molecular weight excluding hydrogens is 362 g/mol. The number of aromatic hydroxyl groups is 1. The first-order chi connectivity index (χ1) is 13.5. The fourth-order valence-corrected chi connectivity index (χ4v) is 3.57. The van der Waals surface area contributed by atoms with Crippen molar-refractivity contribution in [2.24, 2.45) is 0 Å². The molecule has 1 saturated heterocycles. The van der Waals surface area contributed by atoms with E-state index in [0.717, 1.165) is 6.42 Å². The van der Waals surface area contributed by atoms with Gasteiger partial charge in [0.2, 0.25) is 11.2 Å². The molecule has 1 atom stereocenters. The fourth-order valence-electron chi connectivity index (χ4n) is 3.57. The standard InChI is InChI=1S/C21H19NO6/c23-17-9-8-14-19(24)18(28-13-5-2-1-3-6-13)12-27-20(14)15(17)11-22-10-4-7-16(22)21(25)26/h1-3,5-6,8-9,12,16,23H,4,7,10-11H2,(H,25,26)/t16-/m0/s1. The van der Waals surface area contributed by atoms with Crippen molar-refractivity contribution < 1.29 is 24.2 Å². The Kier molecular flexibility index (Phi) is 4.75. The van der Waals surface area contributed by atoms with Gasteiger partial charge in [0.15, 0.2) is 0 Å². The zero-order valence-electron chi connectivity index (χ0n) is 15.0. The second-order valence-electron chi connectivity index (χ2n) is 6.75. The molecule has 0 spiro atoms. The minimum Gasteiger partial charge on any atom is -0.507 e. The van der Waals surface area contributed by atoms with E-state index in [1.54, 1.807) is 29.2 Å². The molecule has 7 heteroatoms. The summed E-state index contributed by atoms with van der Waals surface area (Å²) in [4.78, 5) is 26.0. The van der Waals surface area contributed by atoms with E-state index in [-0.39, 0.29) is 34.4 Å². The van der Waals surface area contributed by atoms with Gasteiger partial charge in [-0.15, -0.1) is 0 Å². The summed E-state index contributed by atoms with van der Waals surface area (Å²) in [5.41, 5.74) is 0.276. The number of likely N-dealkylation sites (tertiary alicyclic amines) is 1. The molecule has 7 nitrogen and oxygen atoms in total. The van der Waals surface area contributed by atoms with E-state index < -0.39 is 12.0 Å². The lowest BCUT2D eigenvalue weighted by Gasteiger charge is -2.21. The summed E-state index contributed by atoms with van der Waals surface area (Å²) in [7, 11) is 0. The highest BCUT2D eigenvalue weighted by Crippen LogP contribution is 2.31. The molecule has 3 aromatic rings. The largest absolute Gasteiger partial charge is 0.507 e. The van der Waals surface area contributed by atoms with E-state index in [1.165, 1.54) is 18.4 Å². The summed E-state index contributed by atoms with van der Waals surface area (Å²) < 4.78 is 11.3. The van der Waals surface area contributed by atoms with Gasteiger partial charge in [-0.05, 0) is 43.7 Å². The number of carbonyl (C=O) groups is 1. The average molecular weight is 381 g/mol. The van der Waals surface area contributed by atoms with Crippen molar-refractivity contribution in [3.05, 3.63) is 64.5 Å². The normalized spacial score (nSPS) is 17.1. The number of ether oxygens (including phenoxy) is 1. The van der Waals surface area contributed by atoms with Crippen LogP contribution >= 0.6 is 0 Å². The van der Waals surface area contributed by atoms with Gasteiger partial charge in [0, 0.05) is 6.54 Å². The molecule has 28 heavy (non-hydrogen) atoms. The van der Waals surface area contributed by atoms with Crippen LogP contribution in [0.5, 0.6) is 17.2 Å². The minimum atomic E-state index is -0.891. The molecule has 0 aliphatic carbocycles. The van der Waals surface area contributed by atoms with Gasteiger partial charge in [-0.25, -0.2) is 0 Å².